The molecule has 0 saturated heterocycles. The Morgan fingerprint density at radius 2 is 1.12 bits per heavy atom. The van der Waals surface area contributed by atoms with Gasteiger partial charge < -0.3 is 38.1 Å². The van der Waals surface area contributed by atoms with Crippen LogP contribution in [-0.4, -0.2) is 72.1 Å². The molecule has 0 saturated carbocycles. The quantitative estimate of drug-likeness (QED) is 0.115. The third-order valence-electron chi connectivity index (χ3n) is 4.20. The normalized spacial score (nSPS) is 13.9. The van der Waals surface area contributed by atoms with E-state index in [-0.39, 0.29) is 5.41 Å². The second kappa shape index (κ2) is 18.5. The van der Waals surface area contributed by atoms with Crippen LogP contribution in [0.25, 0.3) is 0 Å². The van der Waals surface area contributed by atoms with Gasteiger partial charge in [-0.3, -0.25) is 0 Å². The minimum absolute atomic E-state index is 0.226. The van der Waals surface area contributed by atoms with E-state index in [1.807, 2.05) is 0 Å². The molecule has 152 valence electrons. The highest BCUT2D eigenvalue weighted by molar-refractivity contribution is 4.82. The second-order valence-electron chi connectivity index (χ2n) is 7.14. The lowest BCUT2D eigenvalue weighted by molar-refractivity contribution is 0.274. The van der Waals surface area contributed by atoms with E-state index in [1.165, 1.54) is 6.42 Å². The number of hydrogen-bond donors (Lipinski definition) is 7. The Morgan fingerprint density at radius 1 is 0.640 bits per heavy atom. The zero-order chi connectivity index (χ0) is 18.6. The topological polar surface area (TPSA) is 112 Å². The molecule has 0 heterocycles. The first-order valence-electron chi connectivity index (χ1n) is 10.1. The Bertz CT molecular complexity index is 266. The van der Waals surface area contributed by atoms with Crippen LogP contribution in [0.2, 0.25) is 0 Å². The van der Waals surface area contributed by atoms with Gasteiger partial charge in [-0.05, 0) is 71.5 Å². The van der Waals surface area contributed by atoms with Crippen LogP contribution in [0.3, 0.4) is 0 Å². The predicted molar refractivity (Wildman–Crippen MR) is 110 cm³/mol. The Labute approximate surface area is 155 Å². The molecular weight excluding hydrogens is 314 g/mol. The van der Waals surface area contributed by atoms with Crippen molar-refractivity contribution in [2.45, 2.75) is 39.5 Å². The average molecular weight is 360 g/mol. The van der Waals surface area contributed by atoms with E-state index < -0.39 is 0 Å². The van der Waals surface area contributed by atoms with Crippen LogP contribution in [0.5, 0.6) is 0 Å². The molecule has 0 aromatic carbocycles. The van der Waals surface area contributed by atoms with Crippen LogP contribution in [0.1, 0.15) is 39.5 Å². The van der Waals surface area contributed by atoms with Crippen molar-refractivity contribution in [1.29, 1.82) is 0 Å². The van der Waals surface area contributed by atoms with Crippen molar-refractivity contribution >= 4 is 0 Å². The number of hydrogen-bond acceptors (Lipinski definition) is 7. The van der Waals surface area contributed by atoms with Crippen LogP contribution >= 0.6 is 0 Å². The molecule has 1 atom stereocenters. The molecule has 7 heteroatoms. The molecule has 0 spiro atoms. The summed E-state index contributed by atoms with van der Waals surface area (Å²) in [5.41, 5.74) is 11.2. The van der Waals surface area contributed by atoms with Crippen LogP contribution in [0.15, 0.2) is 0 Å². The van der Waals surface area contributed by atoms with Crippen molar-refractivity contribution in [1.82, 2.24) is 26.6 Å². The zero-order valence-corrected chi connectivity index (χ0v) is 16.8. The van der Waals surface area contributed by atoms with Gasteiger partial charge in [-0.15, -0.1) is 0 Å². The average Bonchev–Trinajstić information content (AvgIpc) is 2.61. The van der Waals surface area contributed by atoms with Crippen molar-refractivity contribution in [3.05, 3.63) is 0 Å². The Kier molecular flexibility index (Phi) is 18.3. The smallest absolute Gasteiger partial charge is 0.0428 e. The molecule has 0 radical (unpaired) electrons. The van der Waals surface area contributed by atoms with Gasteiger partial charge in [0, 0.05) is 31.7 Å². The van der Waals surface area contributed by atoms with Crippen LogP contribution < -0.4 is 38.1 Å². The minimum Gasteiger partial charge on any atom is -0.330 e. The Morgan fingerprint density at radius 3 is 1.64 bits per heavy atom. The lowest BCUT2D eigenvalue weighted by Gasteiger charge is -2.31. The van der Waals surface area contributed by atoms with E-state index in [1.54, 1.807) is 0 Å². The Hall–Kier alpha value is -0.280. The Balaban J connectivity index is 3.88. The van der Waals surface area contributed by atoms with Gasteiger partial charge in [-0.25, -0.2) is 0 Å². The van der Waals surface area contributed by atoms with Crippen LogP contribution in [0, 0.1) is 5.41 Å². The molecular formula is C18H45N7. The van der Waals surface area contributed by atoms with Gasteiger partial charge in [0.05, 0.1) is 0 Å². The highest BCUT2D eigenvalue weighted by Gasteiger charge is 2.22. The molecule has 7 nitrogen and oxygen atoms in total. The number of nitrogens with one attached hydrogen (secondary N) is 5. The lowest BCUT2D eigenvalue weighted by Crippen LogP contribution is -2.47. The first-order chi connectivity index (χ1) is 12.2. The summed E-state index contributed by atoms with van der Waals surface area (Å²) in [7, 11) is 0. The molecule has 0 aromatic rings. The fourth-order valence-corrected chi connectivity index (χ4v) is 2.67. The van der Waals surface area contributed by atoms with Gasteiger partial charge >= 0.3 is 0 Å². The van der Waals surface area contributed by atoms with Gasteiger partial charge in [0.15, 0.2) is 0 Å². The molecule has 0 amide bonds. The molecule has 9 N–H and O–H groups in total. The fourth-order valence-electron chi connectivity index (χ4n) is 2.67. The maximum Gasteiger partial charge on any atom is 0.0428 e. The van der Waals surface area contributed by atoms with Crippen molar-refractivity contribution < 1.29 is 0 Å². The summed E-state index contributed by atoms with van der Waals surface area (Å²) < 4.78 is 0. The molecule has 0 bridgehead atoms. The molecule has 0 aliphatic rings. The molecule has 25 heavy (non-hydrogen) atoms. The van der Waals surface area contributed by atoms with Crippen molar-refractivity contribution in [3.8, 4) is 0 Å². The molecule has 0 aliphatic carbocycles. The number of nitrogens with two attached hydrogens (primary N) is 2. The van der Waals surface area contributed by atoms with E-state index in [0.717, 1.165) is 84.7 Å². The van der Waals surface area contributed by atoms with E-state index in [2.05, 4.69) is 40.4 Å². The summed E-state index contributed by atoms with van der Waals surface area (Å²) in [4.78, 5) is 0. The first kappa shape index (κ1) is 24.7. The summed E-state index contributed by atoms with van der Waals surface area (Å²) in [6.45, 7) is 15.2. The van der Waals surface area contributed by atoms with Crippen molar-refractivity contribution in [3.63, 3.8) is 0 Å². The molecule has 0 fully saturated rings. The van der Waals surface area contributed by atoms with Gasteiger partial charge in [0.25, 0.3) is 0 Å². The summed E-state index contributed by atoms with van der Waals surface area (Å²) in [6.07, 6.45) is 4.50. The fraction of sp³-hybridized carbons (Fsp3) is 1.00. The van der Waals surface area contributed by atoms with Crippen molar-refractivity contribution in [2.24, 2.45) is 16.9 Å². The SMILES string of the molecule is CCCNC[C@@](C)(CNCCCNCN)CNCCCNCCCN. The maximum absolute atomic E-state index is 5.49. The van der Waals surface area contributed by atoms with Crippen LogP contribution in [0.4, 0.5) is 0 Å². The maximum atomic E-state index is 5.49. The van der Waals surface area contributed by atoms with Gasteiger partial charge in [-0.2, -0.15) is 0 Å². The van der Waals surface area contributed by atoms with Crippen LogP contribution in [-0.2, 0) is 0 Å². The third kappa shape index (κ3) is 16.9. The minimum atomic E-state index is 0.226. The summed E-state index contributed by atoms with van der Waals surface area (Å²) in [6, 6.07) is 0. The van der Waals surface area contributed by atoms with Gasteiger partial charge in [-0.1, -0.05) is 13.8 Å². The van der Waals surface area contributed by atoms with E-state index in [9.17, 15) is 0 Å². The third-order valence-corrected chi connectivity index (χ3v) is 4.20. The monoisotopic (exact) mass is 359 g/mol. The predicted octanol–water partition coefficient (Wildman–Crippen LogP) is -0.604. The molecule has 0 aliphatic heterocycles. The highest BCUT2D eigenvalue weighted by Crippen LogP contribution is 2.12. The van der Waals surface area contributed by atoms with Gasteiger partial charge in [0.1, 0.15) is 0 Å². The summed E-state index contributed by atoms with van der Waals surface area (Å²) >= 11 is 0. The zero-order valence-electron chi connectivity index (χ0n) is 16.8. The molecule has 0 aromatic heterocycles. The van der Waals surface area contributed by atoms with Crippen molar-refractivity contribution in [2.75, 3.05) is 72.1 Å². The first-order valence-corrected chi connectivity index (χ1v) is 10.1. The summed E-state index contributed by atoms with van der Waals surface area (Å²) in [5, 5.41) is 17.4. The highest BCUT2D eigenvalue weighted by atomic mass is 15.0. The molecule has 0 unspecified atom stereocenters. The van der Waals surface area contributed by atoms with E-state index in [4.69, 9.17) is 11.5 Å². The number of rotatable bonds is 20. The largest absolute Gasteiger partial charge is 0.330 e. The standard InChI is InChI=1S/C18H45N7/c1-3-8-22-14-18(2,16-24-12-6-13-25-17-20)15-23-11-5-10-21-9-4-7-19/h21-25H,3-17,19-20H2,1-2H3/t18-/m1/s1. The second-order valence-corrected chi connectivity index (χ2v) is 7.14. The summed E-state index contributed by atoms with van der Waals surface area (Å²) in [5.74, 6) is 0. The lowest BCUT2D eigenvalue weighted by atomic mass is 9.90. The van der Waals surface area contributed by atoms with E-state index >= 15 is 0 Å². The van der Waals surface area contributed by atoms with Gasteiger partial charge in [0.2, 0.25) is 0 Å². The molecule has 0 rings (SSSR count). The van der Waals surface area contributed by atoms with E-state index in [0.29, 0.717) is 6.67 Å².